The van der Waals surface area contributed by atoms with E-state index in [1.165, 1.54) is 38.6 Å². The Bertz CT molecular complexity index is 275. The van der Waals surface area contributed by atoms with Crippen molar-refractivity contribution in [3.8, 4) is 0 Å². The van der Waals surface area contributed by atoms with Crippen molar-refractivity contribution in [2.24, 2.45) is 11.3 Å². The molecule has 0 aromatic carbocycles. The van der Waals surface area contributed by atoms with Crippen LogP contribution in [-0.4, -0.2) is 36.1 Å². The number of rotatable bonds is 2. The summed E-state index contributed by atoms with van der Waals surface area (Å²) in [7, 11) is 0. The monoisotopic (exact) mass is 266 g/mol. The Morgan fingerprint density at radius 2 is 1.74 bits per heavy atom. The Hall–Kier alpha value is -0.0800. The second-order valence-corrected chi connectivity index (χ2v) is 8.01. The van der Waals surface area contributed by atoms with Crippen LogP contribution in [0.4, 0.5) is 0 Å². The minimum absolute atomic E-state index is 0.366. The van der Waals surface area contributed by atoms with E-state index in [0.717, 1.165) is 18.5 Å². The van der Waals surface area contributed by atoms with E-state index in [2.05, 4.69) is 44.8 Å². The average Bonchev–Trinajstić information content (AvgIpc) is 2.38. The summed E-state index contributed by atoms with van der Waals surface area (Å²) in [6.45, 7) is 14.3. The van der Waals surface area contributed by atoms with Gasteiger partial charge in [0, 0.05) is 31.2 Å². The lowest BCUT2D eigenvalue weighted by molar-refractivity contribution is 0.0323. The fourth-order valence-electron chi connectivity index (χ4n) is 3.92. The van der Waals surface area contributed by atoms with Gasteiger partial charge in [0.05, 0.1) is 0 Å². The Morgan fingerprint density at radius 3 is 2.32 bits per heavy atom. The quantitative estimate of drug-likeness (QED) is 0.820. The normalized spacial score (nSPS) is 33.3. The molecule has 0 radical (unpaired) electrons. The van der Waals surface area contributed by atoms with Crippen molar-refractivity contribution in [2.75, 3.05) is 13.1 Å². The molecular formula is C17H34N2. The highest BCUT2D eigenvalue weighted by atomic mass is 15.3. The molecule has 2 rings (SSSR count). The van der Waals surface area contributed by atoms with Crippen molar-refractivity contribution in [3.05, 3.63) is 0 Å². The van der Waals surface area contributed by atoms with Gasteiger partial charge in [-0.05, 0) is 38.0 Å². The zero-order chi connectivity index (χ0) is 14.0. The lowest BCUT2D eigenvalue weighted by Crippen LogP contribution is -2.62. The Morgan fingerprint density at radius 1 is 1.11 bits per heavy atom. The lowest BCUT2D eigenvalue weighted by Gasteiger charge is -2.48. The van der Waals surface area contributed by atoms with Crippen LogP contribution < -0.4 is 5.32 Å². The minimum Gasteiger partial charge on any atom is -0.311 e. The smallest absolute Gasteiger partial charge is 0.0244 e. The van der Waals surface area contributed by atoms with E-state index in [0.29, 0.717) is 17.5 Å². The van der Waals surface area contributed by atoms with Gasteiger partial charge >= 0.3 is 0 Å². The summed E-state index contributed by atoms with van der Waals surface area (Å²) in [6, 6.07) is 2.09. The fourth-order valence-corrected chi connectivity index (χ4v) is 3.92. The highest BCUT2D eigenvalue weighted by molar-refractivity contribution is 4.93. The molecule has 2 heteroatoms. The molecule has 1 saturated heterocycles. The van der Waals surface area contributed by atoms with E-state index < -0.39 is 0 Å². The number of piperazine rings is 1. The van der Waals surface area contributed by atoms with Gasteiger partial charge in [0.25, 0.3) is 0 Å². The van der Waals surface area contributed by atoms with Crippen LogP contribution in [-0.2, 0) is 0 Å². The van der Waals surface area contributed by atoms with E-state index in [-0.39, 0.29) is 0 Å². The highest BCUT2D eigenvalue weighted by Crippen LogP contribution is 2.32. The summed E-state index contributed by atoms with van der Waals surface area (Å²) < 4.78 is 0. The molecule has 0 spiro atoms. The maximum absolute atomic E-state index is 3.75. The zero-order valence-corrected chi connectivity index (χ0v) is 13.7. The molecule has 0 aromatic rings. The van der Waals surface area contributed by atoms with Crippen molar-refractivity contribution in [1.29, 1.82) is 0 Å². The topological polar surface area (TPSA) is 15.3 Å². The fraction of sp³-hybridized carbons (Fsp3) is 1.00. The van der Waals surface area contributed by atoms with Crippen LogP contribution in [0.25, 0.3) is 0 Å². The molecule has 0 amide bonds. The SMILES string of the molecule is CC1CNC(C(C)(C)C)CN1C(C)C1CCCCC1. The molecule has 2 nitrogen and oxygen atoms in total. The molecule has 1 saturated carbocycles. The molecule has 1 N–H and O–H groups in total. The summed E-state index contributed by atoms with van der Waals surface area (Å²) in [4.78, 5) is 2.79. The van der Waals surface area contributed by atoms with Gasteiger partial charge < -0.3 is 5.32 Å². The molecular weight excluding hydrogens is 232 g/mol. The van der Waals surface area contributed by atoms with Crippen molar-refractivity contribution < 1.29 is 0 Å². The molecule has 0 bridgehead atoms. The molecule has 3 atom stereocenters. The summed E-state index contributed by atoms with van der Waals surface area (Å²) in [6.07, 6.45) is 7.29. The van der Waals surface area contributed by atoms with Gasteiger partial charge in [0.2, 0.25) is 0 Å². The zero-order valence-electron chi connectivity index (χ0n) is 13.7. The second kappa shape index (κ2) is 6.13. The van der Waals surface area contributed by atoms with Crippen LogP contribution in [0, 0.1) is 11.3 Å². The number of nitrogens with zero attached hydrogens (tertiary/aromatic N) is 1. The summed E-state index contributed by atoms with van der Waals surface area (Å²) in [5.41, 5.74) is 0.366. The second-order valence-electron chi connectivity index (χ2n) is 8.01. The standard InChI is InChI=1S/C17H34N2/c1-13-11-18-16(17(3,4)5)12-19(13)14(2)15-9-7-6-8-10-15/h13-16,18H,6-12H2,1-5H3. The minimum atomic E-state index is 0.366. The van der Waals surface area contributed by atoms with Gasteiger partial charge in [-0.3, -0.25) is 4.90 Å². The first-order valence-electron chi connectivity index (χ1n) is 8.38. The maximum atomic E-state index is 3.75. The van der Waals surface area contributed by atoms with Crippen LogP contribution in [0.5, 0.6) is 0 Å². The Balaban J connectivity index is 1.99. The van der Waals surface area contributed by atoms with Crippen LogP contribution >= 0.6 is 0 Å². The predicted molar refractivity (Wildman–Crippen MR) is 83.5 cm³/mol. The van der Waals surface area contributed by atoms with Gasteiger partial charge in [0.15, 0.2) is 0 Å². The first-order valence-corrected chi connectivity index (χ1v) is 8.38. The number of hydrogen-bond donors (Lipinski definition) is 1. The van der Waals surface area contributed by atoms with Crippen molar-refractivity contribution >= 4 is 0 Å². The largest absolute Gasteiger partial charge is 0.311 e. The summed E-state index contributed by atoms with van der Waals surface area (Å²) in [5, 5.41) is 3.75. The van der Waals surface area contributed by atoms with Crippen molar-refractivity contribution in [2.45, 2.75) is 84.8 Å². The van der Waals surface area contributed by atoms with Crippen LogP contribution in [0.1, 0.15) is 66.7 Å². The third-order valence-corrected chi connectivity index (χ3v) is 5.52. The van der Waals surface area contributed by atoms with E-state index in [1.807, 2.05) is 0 Å². The lowest BCUT2D eigenvalue weighted by atomic mass is 9.81. The molecule has 112 valence electrons. The summed E-state index contributed by atoms with van der Waals surface area (Å²) in [5.74, 6) is 0.940. The molecule has 1 aliphatic carbocycles. The third-order valence-electron chi connectivity index (χ3n) is 5.52. The number of nitrogens with one attached hydrogen (secondary N) is 1. The van der Waals surface area contributed by atoms with Crippen LogP contribution in [0.2, 0.25) is 0 Å². The first kappa shape index (κ1) is 15.3. The average molecular weight is 266 g/mol. The Kier molecular flexibility index (Phi) is 4.94. The summed E-state index contributed by atoms with van der Waals surface area (Å²) >= 11 is 0. The van der Waals surface area contributed by atoms with E-state index >= 15 is 0 Å². The highest BCUT2D eigenvalue weighted by Gasteiger charge is 2.36. The molecule has 1 heterocycles. The van der Waals surface area contributed by atoms with Gasteiger partial charge in [0.1, 0.15) is 0 Å². The first-order chi connectivity index (χ1) is 8.89. The number of hydrogen-bond acceptors (Lipinski definition) is 2. The molecule has 2 fully saturated rings. The predicted octanol–water partition coefficient (Wildman–Crippen LogP) is 3.66. The van der Waals surface area contributed by atoms with Crippen LogP contribution in [0.3, 0.4) is 0 Å². The maximum Gasteiger partial charge on any atom is 0.0244 e. The molecule has 0 aromatic heterocycles. The van der Waals surface area contributed by atoms with Gasteiger partial charge in [-0.1, -0.05) is 40.0 Å². The molecule has 1 aliphatic heterocycles. The molecule has 2 aliphatic rings. The Labute approximate surface area is 120 Å². The van der Waals surface area contributed by atoms with Gasteiger partial charge in [-0.2, -0.15) is 0 Å². The molecule has 3 unspecified atom stereocenters. The van der Waals surface area contributed by atoms with Crippen molar-refractivity contribution in [3.63, 3.8) is 0 Å². The van der Waals surface area contributed by atoms with Crippen molar-refractivity contribution in [1.82, 2.24) is 10.2 Å². The van der Waals surface area contributed by atoms with E-state index in [9.17, 15) is 0 Å². The van der Waals surface area contributed by atoms with Gasteiger partial charge in [-0.25, -0.2) is 0 Å². The van der Waals surface area contributed by atoms with E-state index in [1.54, 1.807) is 0 Å². The van der Waals surface area contributed by atoms with Gasteiger partial charge in [-0.15, -0.1) is 0 Å². The third kappa shape index (κ3) is 3.72. The van der Waals surface area contributed by atoms with Crippen LogP contribution in [0.15, 0.2) is 0 Å². The molecule has 19 heavy (non-hydrogen) atoms. The van der Waals surface area contributed by atoms with E-state index in [4.69, 9.17) is 0 Å².